The lowest BCUT2D eigenvalue weighted by atomic mass is 10.3. The highest BCUT2D eigenvalue weighted by Crippen LogP contribution is 2.16. The van der Waals surface area contributed by atoms with Gasteiger partial charge in [0, 0.05) is 5.69 Å². The Labute approximate surface area is 103 Å². The predicted octanol–water partition coefficient (Wildman–Crippen LogP) is 3.13. The molecule has 0 spiro atoms. The van der Waals surface area contributed by atoms with Crippen molar-refractivity contribution >= 4 is 28.8 Å². The molecule has 17 heavy (non-hydrogen) atoms. The highest BCUT2D eigenvalue weighted by molar-refractivity contribution is 6.29. The number of aromatic nitrogens is 3. The van der Waals surface area contributed by atoms with Crippen LogP contribution in [0.15, 0.2) is 48.7 Å². The molecule has 1 N–H and O–H groups in total. The third-order valence-electron chi connectivity index (χ3n) is 2.33. The second-order valence-electron chi connectivity index (χ2n) is 3.58. The summed E-state index contributed by atoms with van der Waals surface area (Å²) in [5.41, 5.74) is 1.75. The maximum Gasteiger partial charge on any atom is 0.156 e. The van der Waals surface area contributed by atoms with Crippen LogP contribution in [0, 0.1) is 0 Å². The zero-order chi connectivity index (χ0) is 11.7. The number of para-hydroxylation sites is 1. The van der Waals surface area contributed by atoms with Gasteiger partial charge in [-0.15, -0.1) is 0 Å². The number of hydrogen-bond acceptors (Lipinski definition) is 3. The second-order valence-corrected chi connectivity index (χ2v) is 3.96. The van der Waals surface area contributed by atoms with Gasteiger partial charge in [-0.1, -0.05) is 29.8 Å². The molecule has 4 nitrogen and oxygen atoms in total. The Morgan fingerprint density at radius 1 is 1.06 bits per heavy atom. The standard InChI is InChI=1S/C12H9ClN4/c13-10-6-7-12-15-11(8-17(12)16-10)14-9-4-2-1-3-5-9/h1-8,14H. The van der Waals surface area contributed by atoms with Crippen molar-refractivity contribution in [2.45, 2.75) is 0 Å². The molecule has 0 atom stereocenters. The summed E-state index contributed by atoms with van der Waals surface area (Å²) in [4.78, 5) is 4.38. The zero-order valence-corrected chi connectivity index (χ0v) is 9.59. The number of nitrogens with one attached hydrogen (secondary N) is 1. The molecular formula is C12H9ClN4. The zero-order valence-electron chi connectivity index (χ0n) is 8.84. The molecule has 2 heterocycles. The van der Waals surface area contributed by atoms with Gasteiger partial charge in [0.05, 0.1) is 6.20 Å². The molecule has 0 aliphatic carbocycles. The van der Waals surface area contributed by atoms with Crippen molar-refractivity contribution in [3.63, 3.8) is 0 Å². The van der Waals surface area contributed by atoms with Gasteiger partial charge < -0.3 is 5.32 Å². The first kappa shape index (κ1) is 10.1. The van der Waals surface area contributed by atoms with Crippen LogP contribution in [0.3, 0.4) is 0 Å². The van der Waals surface area contributed by atoms with Crippen LogP contribution in [0.4, 0.5) is 11.5 Å². The smallest absolute Gasteiger partial charge is 0.156 e. The first-order chi connectivity index (χ1) is 8.31. The van der Waals surface area contributed by atoms with Crippen LogP contribution in [0.5, 0.6) is 0 Å². The van der Waals surface area contributed by atoms with Gasteiger partial charge in [0.2, 0.25) is 0 Å². The molecule has 0 bridgehead atoms. The maximum atomic E-state index is 5.81. The monoisotopic (exact) mass is 244 g/mol. The summed E-state index contributed by atoms with van der Waals surface area (Å²) in [6.07, 6.45) is 1.80. The summed E-state index contributed by atoms with van der Waals surface area (Å²) in [6, 6.07) is 13.4. The molecule has 0 fully saturated rings. The topological polar surface area (TPSA) is 42.2 Å². The quantitative estimate of drug-likeness (QED) is 0.753. The summed E-state index contributed by atoms with van der Waals surface area (Å²) < 4.78 is 1.65. The van der Waals surface area contributed by atoms with Crippen LogP contribution in [-0.2, 0) is 0 Å². The van der Waals surface area contributed by atoms with Crippen LogP contribution in [0.25, 0.3) is 5.65 Å². The third kappa shape index (κ3) is 2.07. The predicted molar refractivity (Wildman–Crippen MR) is 67.7 cm³/mol. The maximum absolute atomic E-state index is 5.81. The van der Waals surface area contributed by atoms with Gasteiger partial charge in [0.25, 0.3) is 0 Å². The van der Waals surface area contributed by atoms with Gasteiger partial charge in [0.15, 0.2) is 11.5 Å². The molecule has 84 valence electrons. The molecule has 3 rings (SSSR count). The lowest BCUT2D eigenvalue weighted by molar-refractivity contribution is 0.937. The molecule has 0 radical (unpaired) electrons. The van der Waals surface area contributed by atoms with Crippen molar-refractivity contribution in [2.24, 2.45) is 0 Å². The first-order valence-electron chi connectivity index (χ1n) is 5.15. The normalized spacial score (nSPS) is 10.6. The Bertz CT molecular complexity index is 648. The lowest BCUT2D eigenvalue weighted by Crippen LogP contribution is -1.89. The number of fused-ring (bicyclic) bond motifs is 1. The molecule has 3 aromatic rings. The molecule has 0 amide bonds. The summed E-state index contributed by atoms with van der Waals surface area (Å²) in [6.45, 7) is 0. The molecule has 0 aliphatic heterocycles. The fourth-order valence-corrected chi connectivity index (χ4v) is 1.73. The SMILES string of the molecule is Clc1ccc2nc(Nc3ccccc3)cn2n1. The average Bonchev–Trinajstić information content (AvgIpc) is 2.71. The summed E-state index contributed by atoms with van der Waals surface area (Å²) in [5, 5.41) is 7.76. The van der Waals surface area contributed by atoms with Crippen molar-refractivity contribution in [1.82, 2.24) is 14.6 Å². The Kier molecular flexibility index (Phi) is 2.42. The summed E-state index contributed by atoms with van der Waals surface area (Å²) >= 11 is 5.81. The number of nitrogens with zero attached hydrogens (tertiary/aromatic N) is 3. The van der Waals surface area contributed by atoms with E-state index in [1.54, 1.807) is 16.8 Å². The van der Waals surface area contributed by atoms with Gasteiger partial charge in [-0.2, -0.15) is 5.10 Å². The fourth-order valence-electron chi connectivity index (χ4n) is 1.59. The minimum atomic E-state index is 0.446. The van der Waals surface area contributed by atoms with Crippen LogP contribution >= 0.6 is 11.6 Å². The van der Waals surface area contributed by atoms with Crippen LogP contribution < -0.4 is 5.32 Å². The summed E-state index contributed by atoms with van der Waals surface area (Å²) in [5.74, 6) is 0.742. The lowest BCUT2D eigenvalue weighted by Gasteiger charge is -2.00. The Morgan fingerprint density at radius 3 is 2.71 bits per heavy atom. The van der Waals surface area contributed by atoms with E-state index < -0.39 is 0 Å². The van der Waals surface area contributed by atoms with Crippen LogP contribution in [-0.4, -0.2) is 14.6 Å². The highest BCUT2D eigenvalue weighted by atomic mass is 35.5. The number of imidazole rings is 1. The molecule has 1 aromatic carbocycles. The average molecular weight is 245 g/mol. The van der Waals surface area contributed by atoms with Crippen molar-refractivity contribution in [3.8, 4) is 0 Å². The van der Waals surface area contributed by atoms with Gasteiger partial charge in [-0.3, -0.25) is 0 Å². The van der Waals surface area contributed by atoms with Crippen molar-refractivity contribution in [1.29, 1.82) is 0 Å². The van der Waals surface area contributed by atoms with Crippen molar-refractivity contribution in [3.05, 3.63) is 53.8 Å². The van der Waals surface area contributed by atoms with E-state index in [0.29, 0.717) is 5.15 Å². The van der Waals surface area contributed by atoms with E-state index in [2.05, 4.69) is 15.4 Å². The summed E-state index contributed by atoms with van der Waals surface area (Å²) in [7, 11) is 0. The van der Waals surface area contributed by atoms with Crippen molar-refractivity contribution < 1.29 is 0 Å². The minimum Gasteiger partial charge on any atom is -0.339 e. The van der Waals surface area contributed by atoms with Gasteiger partial charge in [-0.25, -0.2) is 9.50 Å². The van der Waals surface area contributed by atoms with E-state index in [-0.39, 0.29) is 0 Å². The van der Waals surface area contributed by atoms with E-state index in [4.69, 9.17) is 11.6 Å². The highest BCUT2D eigenvalue weighted by Gasteiger charge is 2.02. The first-order valence-corrected chi connectivity index (χ1v) is 5.53. The molecule has 2 aromatic heterocycles. The molecule has 5 heteroatoms. The number of hydrogen-bond donors (Lipinski definition) is 1. The second kappa shape index (κ2) is 4.07. The van der Waals surface area contributed by atoms with Gasteiger partial charge in [-0.05, 0) is 24.3 Å². The third-order valence-corrected chi connectivity index (χ3v) is 2.54. The molecule has 0 unspecified atom stereocenters. The molecule has 0 aliphatic rings. The van der Waals surface area contributed by atoms with E-state index in [1.165, 1.54) is 0 Å². The van der Waals surface area contributed by atoms with Crippen molar-refractivity contribution in [2.75, 3.05) is 5.32 Å². The van der Waals surface area contributed by atoms with Crippen LogP contribution in [0.1, 0.15) is 0 Å². The van der Waals surface area contributed by atoms with Gasteiger partial charge >= 0.3 is 0 Å². The molecule has 0 saturated heterocycles. The van der Waals surface area contributed by atoms with Crippen LogP contribution in [0.2, 0.25) is 5.15 Å². The Morgan fingerprint density at radius 2 is 1.88 bits per heavy atom. The van der Waals surface area contributed by atoms with E-state index >= 15 is 0 Å². The Balaban J connectivity index is 1.96. The van der Waals surface area contributed by atoms with E-state index in [9.17, 15) is 0 Å². The molecular weight excluding hydrogens is 236 g/mol. The fraction of sp³-hybridized carbons (Fsp3) is 0. The molecule has 0 saturated carbocycles. The van der Waals surface area contributed by atoms with E-state index in [0.717, 1.165) is 17.2 Å². The number of halogens is 1. The number of rotatable bonds is 2. The Hall–Kier alpha value is -2.07. The minimum absolute atomic E-state index is 0.446. The number of benzene rings is 1. The van der Waals surface area contributed by atoms with E-state index in [1.807, 2.05) is 36.4 Å². The largest absolute Gasteiger partial charge is 0.339 e. The van der Waals surface area contributed by atoms with Gasteiger partial charge in [0.1, 0.15) is 5.15 Å². The number of anilines is 2.